The summed E-state index contributed by atoms with van der Waals surface area (Å²) in [7, 11) is 0. The van der Waals surface area contributed by atoms with E-state index in [1.54, 1.807) is 18.2 Å². The molecule has 0 saturated carbocycles. The van der Waals surface area contributed by atoms with Gasteiger partial charge in [0.05, 0.1) is 10.5 Å². The second-order valence-electron chi connectivity index (χ2n) is 4.53. The lowest BCUT2D eigenvalue weighted by Crippen LogP contribution is -2.04. The molecule has 0 aliphatic carbocycles. The van der Waals surface area contributed by atoms with Crippen LogP contribution >= 0.6 is 0 Å². The molecule has 2 aromatic rings. The fourth-order valence-corrected chi connectivity index (χ4v) is 1.84. The lowest BCUT2D eigenvalue weighted by molar-refractivity contribution is -0.385. The molecule has 2 N–H and O–H groups in total. The maximum atomic E-state index is 10.9. The highest BCUT2D eigenvalue weighted by Gasteiger charge is 2.12. The van der Waals surface area contributed by atoms with Crippen LogP contribution in [0.4, 0.5) is 5.69 Å². The van der Waals surface area contributed by atoms with Gasteiger partial charge in [0.2, 0.25) is 0 Å². The van der Waals surface area contributed by atoms with Gasteiger partial charge >= 0.3 is 0 Å². The summed E-state index contributed by atoms with van der Waals surface area (Å²) in [6.45, 7) is 2.07. The molecule has 0 heterocycles. The predicted octanol–water partition coefficient (Wildman–Crippen LogP) is 3.19. The van der Waals surface area contributed by atoms with Crippen molar-refractivity contribution in [1.29, 1.82) is 0 Å². The van der Waals surface area contributed by atoms with Crippen LogP contribution in [-0.4, -0.2) is 4.92 Å². The Bertz CT molecular complexity index is 594. The highest BCUT2D eigenvalue weighted by Crippen LogP contribution is 2.21. The van der Waals surface area contributed by atoms with Crippen LogP contribution in [0, 0.1) is 10.1 Å². The zero-order valence-corrected chi connectivity index (χ0v) is 11.2. The third-order valence-corrected chi connectivity index (χ3v) is 2.99. The van der Waals surface area contributed by atoms with Gasteiger partial charge in [0.15, 0.2) is 0 Å². The highest BCUT2D eigenvalue weighted by atomic mass is 16.6. The number of hydrogen-bond acceptors (Lipinski definition) is 4. The lowest BCUT2D eigenvalue weighted by Gasteiger charge is -2.09. The molecule has 0 aliphatic heterocycles. The van der Waals surface area contributed by atoms with Gasteiger partial charge in [-0.25, -0.2) is 0 Å². The molecule has 0 aliphatic rings. The molecule has 0 spiro atoms. The van der Waals surface area contributed by atoms with E-state index in [1.165, 1.54) is 6.07 Å². The Morgan fingerprint density at radius 1 is 1.20 bits per heavy atom. The van der Waals surface area contributed by atoms with E-state index in [-0.39, 0.29) is 18.3 Å². The Hall–Kier alpha value is -2.40. The van der Waals surface area contributed by atoms with Crippen LogP contribution in [-0.2, 0) is 6.61 Å². The Balaban J connectivity index is 2.07. The molecule has 0 amide bonds. The molecule has 5 nitrogen and oxygen atoms in total. The number of hydrogen-bond donors (Lipinski definition) is 1. The molecule has 20 heavy (non-hydrogen) atoms. The first-order chi connectivity index (χ1) is 9.58. The van der Waals surface area contributed by atoms with Crippen molar-refractivity contribution in [3.05, 3.63) is 69.8 Å². The number of nitro groups is 1. The molecular formula is C15H16N2O3. The molecule has 2 aromatic carbocycles. The van der Waals surface area contributed by atoms with Crippen LogP contribution < -0.4 is 10.5 Å². The molecule has 104 valence electrons. The summed E-state index contributed by atoms with van der Waals surface area (Å²) in [5, 5.41) is 10.9. The minimum absolute atomic E-state index is 0.0285. The molecule has 1 atom stereocenters. The van der Waals surface area contributed by atoms with Gasteiger partial charge in [-0.2, -0.15) is 0 Å². The standard InChI is InChI=1S/C15H16N2O3/c1-11(16)12-6-8-14(9-7-12)20-10-13-4-2-3-5-15(13)17(18)19/h2-9,11H,10,16H2,1H3. The SMILES string of the molecule is CC(N)c1ccc(OCc2ccccc2[N+](=O)[O-])cc1. The van der Waals surface area contributed by atoms with Gasteiger partial charge in [-0.3, -0.25) is 10.1 Å². The van der Waals surface area contributed by atoms with Gasteiger partial charge in [-0.1, -0.05) is 24.3 Å². The van der Waals surface area contributed by atoms with Gasteiger partial charge in [-0.15, -0.1) is 0 Å². The Morgan fingerprint density at radius 2 is 1.85 bits per heavy atom. The van der Waals surface area contributed by atoms with Crippen LogP contribution in [0.15, 0.2) is 48.5 Å². The number of benzene rings is 2. The Kier molecular flexibility index (Phi) is 4.32. The second-order valence-corrected chi connectivity index (χ2v) is 4.53. The molecule has 1 unspecified atom stereocenters. The van der Waals surface area contributed by atoms with E-state index in [9.17, 15) is 10.1 Å². The first kappa shape index (κ1) is 14.0. The van der Waals surface area contributed by atoms with Crippen molar-refractivity contribution in [1.82, 2.24) is 0 Å². The third kappa shape index (κ3) is 3.33. The van der Waals surface area contributed by atoms with Crippen molar-refractivity contribution in [3.8, 4) is 5.75 Å². The topological polar surface area (TPSA) is 78.4 Å². The summed E-state index contributed by atoms with van der Waals surface area (Å²) >= 11 is 0. The van der Waals surface area contributed by atoms with E-state index >= 15 is 0 Å². The van der Waals surface area contributed by atoms with Crippen LogP contribution in [0.1, 0.15) is 24.1 Å². The van der Waals surface area contributed by atoms with Crippen molar-refractivity contribution in [2.24, 2.45) is 5.73 Å². The largest absolute Gasteiger partial charge is 0.489 e. The second kappa shape index (κ2) is 6.16. The first-order valence-corrected chi connectivity index (χ1v) is 6.28. The Morgan fingerprint density at radius 3 is 2.45 bits per heavy atom. The zero-order valence-electron chi connectivity index (χ0n) is 11.2. The number of rotatable bonds is 5. The molecule has 0 aromatic heterocycles. The number of nitro benzene ring substituents is 1. The van der Waals surface area contributed by atoms with Crippen molar-refractivity contribution in [3.63, 3.8) is 0 Å². The summed E-state index contributed by atoms with van der Waals surface area (Å²) in [6, 6.07) is 13.9. The molecule has 0 fully saturated rings. The van der Waals surface area contributed by atoms with Crippen LogP contribution in [0.25, 0.3) is 0 Å². The number of nitrogens with two attached hydrogens (primary N) is 1. The van der Waals surface area contributed by atoms with Crippen molar-refractivity contribution in [2.45, 2.75) is 19.6 Å². The van der Waals surface area contributed by atoms with E-state index in [1.807, 2.05) is 31.2 Å². The fraction of sp³-hybridized carbons (Fsp3) is 0.200. The van der Waals surface area contributed by atoms with E-state index < -0.39 is 4.92 Å². The minimum atomic E-state index is -0.405. The molecular weight excluding hydrogens is 256 g/mol. The van der Waals surface area contributed by atoms with E-state index in [0.717, 1.165) is 5.56 Å². The van der Waals surface area contributed by atoms with Crippen molar-refractivity contribution >= 4 is 5.69 Å². The average molecular weight is 272 g/mol. The normalized spacial score (nSPS) is 11.9. The monoisotopic (exact) mass is 272 g/mol. The molecule has 5 heteroatoms. The van der Waals surface area contributed by atoms with Gasteiger partial charge in [0, 0.05) is 12.1 Å². The minimum Gasteiger partial charge on any atom is -0.489 e. The third-order valence-electron chi connectivity index (χ3n) is 2.99. The van der Waals surface area contributed by atoms with Crippen molar-refractivity contribution in [2.75, 3.05) is 0 Å². The summed E-state index contributed by atoms with van der Waals surface area (Å²) < 4.78 is 5.57. The average Bonchev–Trinajstić information content (AvgIpc) is 2.45. The van der Waals surface area contributed by atoms with Crippen LogP contribution in [0.2, 0.25) is 0 Å². The van der Waals surface area contributed by atoms with Gasteiger partial charge in [-0.05, 0) is 30.7 Å². The molecule has 2 rings (SSSR count). The quantitative estimate of drug-likeness (QED) is 0.669. The van der Waals surface area contributed by atoms with E-state index in [2.05, 4.69) is 0 Å². The molecule has 0 saturated heterocycles. The van der Waals surface area contributed by atoms with Crippen LogP contribution in [0.5, 0.6) is 5.75 Å². The summed E-state index contributed by atoms with van der Waals surface area (Å²) in [6.07, 6.45) is 0. The number of para-hydroxylation sites is 1. The first-order valence-electron chi connectivity index (χ1n) is 6.28. The van der Waals surface area contributed by atoms with E-state index in [4.69, 9.17) is 10.5 Å². The van der Waals surface area contributed by atoms with Gasteiger partial charge in [0.25, 0.3) is 5.69 Å². The van der Waals surface area contributed by atoms with E-state index in [0.29, 0.717) is 11.3 Å². The molecule has 0 bridgehead atoms. The molecule has 0 radical (unpaired) electrons. The van der Waals surface area contributed by atoms with Gasteiger partial charge < -0.3 is 10.5 Å². The van der Waals surface area contributed by atoms with Gasteiger partial charge in [0.1, 0.15) is 12.4 Å². The number of nitrogens with zero attached hydrogens (tertiary/aromatic N) is 1. The lowest BCUT2D eigenvalue weighted by atomic mass is 10.1. The maximum absolute atomic E-state index is 10.9. The predicted molar refractivity (Wildman–Crippen MR) is 76.5 cm³/mol. The summed E-state index contributed by atoms with van der Waals surface area (Å²) in [5.41, 5.74) is 7.40. The van der Waals surface area contributed by atoms with Crippen LogP contribution in [0.3, 0.4) is 0 Å². The number of ether oxygens (including phenoxy) is 1. The highest BCUT2D eigenvalue weighted by molar-refractivity contribution is 5.39. The smallest absolute Gasteiger partial charge is 0.276 e. The fourth-order valence-electron chi connectivity index (χ4n) is 1.84. The van der Waals surface area contributed by atoms with Crippen molar-refractivity contribution < 1.29 is 9.66 Å². The Labute approximate surface area is 117 Å². The zero-order chi connectivity index (χ0) is 14.5. The summed E-state index contributed by atoms with van der Waals surface area (Å²) in [5.74, 6) is 0.660. The maximum Gasteiger partial charge on any atom is 0.276 e. The summed E-state index contributed by atoms with van der Waals surface area (Å²) in [4.78, 5) is 10.5.